The Balaban J connectivity index is 4.59. The van der Waals surface area contributed by atoms with Gasteiger partial charge in [0.05, 0.1) is 11.8 Å². The van der Waals surface area contributed by atoms with Gasteiger partial charge < -0.3 is 15.9 Å². The lowest BCUT2D eigenvalue weighted by Gasteiger charge is -2.19. The van der Waals surface area contributed by atoms with Crippen LogP contribution in [-0.4, -0.2) is 28.1 Å². The minimum absolute atomic E-state index is 0.0778. The molecule has 4 N–H and O–H groups in total. The highest BCUT2D eigenvalue weighted by Crippen LogP contribution is 2.22. The predicted octanol–water partition coefficient (Wildman–Crippen LogP) is 0.700. The lowest BCUT2D eigenvalue weighted by atomic mass is 9.86. The van der Waals surface area contributed by atoms with Crippen molar-refractivity contribution < 1.29 is 24.6 Å². The second-order valence-electron chi connectivity index (χ2n) is 4.25. The minimum atomic E-state index is -1.01. The van der Waals surface area contributed by atoms with E-state index in [-0.39, 0.29) is 12.8 Å². The van der Waals surface area contributed by atoms with E-state index in [9.17, 15) is 14.4 Å². The molecule has 1 amide bonds. The normalized spacial score (nSPS) is 15.9. The van der Waals surface area contributed by atoms with Crippen LogP contribution in [0.15, 0.2) is 0 Å². The van der Waals surface area contributed by atoms with Gasteiger partial charge in [0.15, 0.2) is 0 Å². The number of amides is 1. The van der Waals surface area contributed by atoms with Gasteiger partial charge in [0.25, 0.3) is 0 Å². The number of carbonyl (C=O) groups excluding carboxylic acids is 1. The Morgan fingerprint density at radius 1 is 1.06 bits per heavy atom. The monoisotopic (exact) mass is 245 g/mol. The Bertz CT molecular complexity index is 302. The number of carbonyl (C=O) groups is 3. The molecule has 98 valence electrons. The molecule has 0 aliphatic rings. The van der Waals surface area contributed by atoms with Crippen molar-refractivity contribution in [3.8, 4) is 0 Å². The molecule has 0 aromatic heterocycles. The van der Waals surface area contributed by atoms with Crippen LogP contribution >= 0.6 is 0 Å². The first-order valence-electron chi connectivity index (χ1n) is 5.54. The highest BCUT2D eigenvalue weighted by Gasteiger charge is 2.27. The molecule has 0 spiro atoms. The molecule has 0 aromatic carbocycles. The van der Waals surface area contributed by atoms with Gasteiger partial charge >= 0.3 is 11.9 Å². The van der Waals surface area contributed by atoms with Crippen molar-refractivity contribution in [3.05, 3.63) is 0 Å². The zero-order valence-electron chi connectivity index (χ0n) is 10.0. The number of nitrogens with two attached hydrogens (primary N) is 1. The molecular weight excluding hydrogens is 226 g/mol. The van der Waals surface area contributed by atoms with Crippen LogP contribution in [0.4, 0.5) is 0 Å². The van der Waals surface area contributed by atoms with Crippen molar-refractivity contribution in [2.45, 2.75) is 33.1 Å². The van der Waals surface area contributed by atoms with Crippen LogP contribution in [-0.2, 0) is 14.4 Å². The molecule has 0 saturated carbocycles. The Hall–Kier alpha value is -1.59. The van der Waals surface area contributed by atoms with Crippen LogP contribution in [0.3, 0.4) is 0 Å². The maximum atomic E-state index is 11.2. The highest BCUT2D eigenvalue weighted by atomic mass is 16.4. The van der Waals surface area contributed by atoms with Gasteiger partial charge in [0, 0.05) is 5.92 Å². The average Bonchev–Trinajstić information content (AvgIpc) is 2.22. The van der Waals surface area contributed by atoms with E-state index in [0.717, 1.165) is 0 Å². The van der Waals surface area contributed by atoms with Crippen LogP contribution in [0.5, 0.6) is 0 Å². The Morgan fingerprint density at radius 3 is 1.88 bits per heavy atom. The fourth-order valence-electron chi connectivity index (χ4n) is 1.64. The van der Waals surface area contributed by atoms with E-state index >= 15 is 0 Å². The van der Waals surface area contributed by atoms with Crippen molar-refractivity contribution in [1.82, 2.24) is 0 Å². The van der Waals surface area contributed by atoms with Crippen LogP contribution in [0.25, 0.3) is 0 Å². The first-order chi connectivity index (χ1) is 7.79. The van der Waals surface area contributed by atoms with Gasteiger partial charge in [-0.05, 0) is 19.3 Å². The van der Waals surface area contributed by atoms with Crippen LogP contribution < -0.4 is 5.73 Å². The van der Waals surface area contributed by atoms with Crippen LogP contribution in [0, 0.1) is 17.8 Å². The number of carboxylic acids is 2. The lowest BCUT2D eigenvalue weighted by molar-refractivity contribution is -0.143. The van der Waals surface area contributed by atoms with Crippen molar-refractivity contribution in [2.24, 2.45) is 23.5 Å². The number of rotatable bonds is 8. The molecule has 0 saturated heterocycles. The van der Waals surface area contributed by atoms with E-state index in [0.29, 0.717) is 6.42 Å². The molecule has 0 bridgehead atoms. The van der Waals surface area contributed by atoms with Gasteiger partial charge in [-0.1, -0.05) is 13.8 Å². The maximum absolute atomic E-state index is 11.2. The lowest BCUT2D eigenvalue weighted by Crippen LogP contribution is -2.30. The second-order valence-corrected chi connectivity index (χ2v) is 4.25. The topological polar surface area (TPSA) is 118 Å². The summed E-state index contributed by atoms with van der Waals surface area (Å²) < 4.78 is 0. The van der Waals surface area contributed by atoms with Crippen LogP contribution in [0.2, 0.25) is 0 Å². The zero-order valence-corrected chi connectivity index (χ0v) is 10.0. The summed E-state index contributed by atoms with van der Waals surface area (Å²) in [5, 5.41) is 17.6. The molecule has 0 aliphatic carbocycles. The molecule has 0 radical (unpaired) electrons. The van der Waals surface area contributed by atoms with Gasteiger partial charge in [-0.15, -0.1) is 0 Å². The predicted molar refractivity (Wildman–Crippen MR) is 60.1 cm³/mol. The van der Waals surface area contributed by atoms with Gasteiger partial charge in [-0.3, -0.25) is 14.4 Å². The first kappa shape index (κ1) is 15.4. The van der Waals surface area contributed by atoms with Crippen molar-refractivity contribution in [2.75, 3.05) is 0 Å². The molecule has 0 aromatic rings. The third-order valence-corrected chi connectivity index (χ3v) is 2.87. The summed E-state index contributed by atoms with van der Waals surface area (Å²) in [5.41, 5.74) is 5.16. The third-order valence-electron chi connectivity index (χ3n) is 2.87. The number of carboxylic acid groups (broad SMARTS) is 2. The average molecular weight is 245 g/mol. The molecule has 6 nitrogen and oxygen atoms in total. The van der Waals surface area contributed by atoms with Crippen molar-refractivity contribution in [3.63, 3.8) is 0 Å². The summed E-state index contributed by atoms with van der Waals surface area (Å²) in [6.45, 7) is 3.18. The molecule has 0 aliphatic heterocycles. The summed E-state index contributed by atoms with van der Waals surface area (Å²) in [6, 6.07) is 0. The largest absolute Gasteiger partial charge is 0.481 e. The second kappa shape index (κ2) is 6.88. The molecule has 17 heavy (non-hydrogen) atoms. The smallest absolute Gasteiger partial charge is 0.306 e. The summed E-state index contributed by atoms with van der Waals surface area (Å²) in [5.74, 6) is -4.71. The van der Waals surface area contributed by atoms with E-state index in [4.69, 9.17) is 15.9 Å². The van der Waals surface area contributed by atoms with E-state index in [1.165, 1.54) is 6.92 Å². The quantitative estimate of drug-likeness (QED) is 0.581. The number of primary amides is 1. The molecule has 0 fully saturated rings. The third kappa shape index (κ3) is 5.33. The fraction of sp³-hybridized carbons (Fsp3) is 0.727. The zero-order chi connectivity index (χ0) is 13.6. The number of hydrogen-bond donors (Lipinski definition) is 3. The SMILES string of the molecule is CCC(CC(CC(C)C(=O)O)C(N)=O)C(=O)O. The van der Waals surface area contributed by atoms with E-state index in [1.807, 2.05) is 0 Å². The molecule has 0 heterocycles. The van der Waals surface area contributed by atoms with Gasteiger partial charge in [0.1, 0.15) is 0 Å². The fourth-order valence-corrected chi connectivity index (χ4v) is 1.64. The van der Waals surface area contributed by atoms with E-state index in [2.05, 4.69) is 0 Å². The molecular formula is C11H19NO5. The molecule has 6 heteroatoms. The minimum Gasteiger partial charge on any atom is -0.481 e. The standard InChI is InChI=1S/C11H19NO5/c1-3-7(11(16)17)5-8(9(12)13)4-6(2)10(14)15/h6-8H,3-5H2,1-2H3,(H2,12,13)(H,14,15)(H,16,17). The van der Waals surface area contributed by atoms with Crippen LogP contribution in [0.1, 0.15) is 33.1 Å². The Labute approximate surface area is 99.8 Å². The molecule has 3 unspecified atom stereocenters. The number of hydrogen-bond acceptors (Lipinski definition) is 3. The summed E-state index contributed by atoms with van der Waals surface area (Å²) in [6.07, 6.45) is 0.563. The van der Waals surface area contributed by atoms with Crippen molar-refractivity contribution in [1.29, 1.82) is 0 Å². The van der Waals surface area contributed by atoms with E-state index < -0.39 is 35.6 Å². The van der Waals surface area contributed by atoms with Gasteiger partial charge in [-0.25, -0.2) is 0 Å². The highest BCUT2D eigenvalue weighted by molar-refractivity contribution is 5.79. The Morgan fingerprint density at radius 2 is 1.59 bits per heavy atom. The van der Waals surface area contributed by atoms with Crippen molar-refractivity contribution >= 4 is 17.8 Å². The number of aliphatic carboxylic acids is 2. The maximum Gasteiger partial charge on any atom is 0.306 e. The first-order valence-corrected chi connectivity index (χ1v) is 5.54. The van der Waals surface area contributed by atoms with Gasteiger partial charge in [-0.2, -0.15) is 0 Å². The Kier molecular flexibility index (Phi) is 6.23. The summed E-state index contributed by atoms with van der Waals surface area (Å²) in [7, 11) is 0. The van der Waals surface area contributed by atoms with Gasteiger partial charge in [0.2, 0.25) is 5.91 Å². The molecule has 0 rings (SSSR count). The summed E-state index contributed by atoms with van der Waals surface area (Å²) in [4.78, 5) is 32.7. The van der Waals surface area contributed by atoms with E-state index in [1.54, 1.807) is 6.92 Å². The molecule has 3 atom stereocenters. The summed E-state index contributed by atoms with van der Waals surface area (Å²) >= 11 is 0.